The summed E-state index contributed by atoms with van der Waals surface area (Å²) in [5, 5.41) is 0. The molecule has 2 aliphatic heterocycles. The third-order valence-electron chi connectivity index (χ3n) is 4.34. The van der Waals surface area contributed by atoms with Crippen LogP contribution >= 0.6 is 0 Å². The minimum atomic E-state index is -0.580. The monoisotopic (exact) mass is 327 g/mol. The van der Waals surface area contributed by atoms with Crippen molar-refractivity contribution in [2.24, 2.45) is 0 Å². The molecule has 0 radical (unpaired) electrons. The lowest BCUT2D eigenvalue weighted by Crippen LogP contribution is -2.64. The van der Waals surface area contributed by atoms with E-state index >= 15 is 0 Å². The Hall–Kier alpha value is -1.34. The van der Waals surface area contributed by atoms with Gasteiger partial charge in [-0.05, 0) is 20.8 Å². The molecule has 2 aliphatic rings. The van der Waals surface area contributed by atoms with Gasteiger partial charge in [-0.25, -0.2) is 4.79 Å². The average molecular weight is 327 g/mol. The van der Waals surface area contributed by atoms with E-state index in [1.165, 1.54) is 0 Å². The van der Waals surface area contributed by atoms with E-state index in [1.54, 1.807) is 23.9 Å². The van der Waals surface area contributed by atoms with Crippen LogP contribution in [0.4, 0.5) is 4.79 Å². The maximum absolute atomic E-state index is 12.7. The van der Waals surface area contributed by atoms with Gasteiger partial charge >= 0.3 is 6.09 Å². The normalized spacial score (nSPS) is 26.2. The summed E-state index contributed by atoms with van der Waals surface area (Å²) in [5.74, 6) is 0.0840. The zero-order chi connectivity index (χ0) is 17.3. The van der Waals surface area contributed by atoms with Gasteiger partial charge in [-0.1, -0.05) is 0 Å². The second-order valence-corrected chi connectivity index (χ2v) is 7.49. The van der Waals surface area contributed by atoms with Gasteiger partial charge in [-0.2, -0.15) is 0 Å². The number of hydrogen-bond donors (Lipinski definition) is 0. The number of piperazine rings is 1. The Morgan fingerprint density at radius 1 is 1.13 bits per heavy atom. The van der Waals surface area contributed by atoms with Gasteiger partial charge in [-0.15, -0.1) is 0 Å². The van der Waals surface area contributed by atoms with E-state index in [2.05, 4.69) is 4.90 Å². The summed E-state index contributed by atoms with van der Waals surface area (Å²) in [6, 6.07) is 0. The summed E-state index contributed by atoms with van der Waals surface area (Å²) in [6.45, 7) is 9.06. The van der Waals surface area contributed by atoms with E-state index in [1.807, 2.05) is 20.8 Å². The first-order valence-electron chi connectivity index (χ1n) is 8.18. The Bertz CT molecular complexity index is 445. The van der Waals surface area contributed by atoms with Crippen LogP contribution in [0.1, 0.15) is 27.2 Å². The van der Waals surface area contributed by atoms with Crippen LogP contribution < -0.4 is 0 Å². The van der Waals surface area contributed by atoms with Crippen molar-refractivity contribution in [3.05, 3.63) is 0 Å². The molecule has 0 aromatic heterocycles. The number of amides is 2. The van der Waals surface area contributed by atoms with Gasteiger partial charge in [0, 0.05) is 53.3 Å². The van der Waals surface area contributed by atoms with Crippen molar-refractivity contribution in [2.45, 2.75) is 38.3 Å². The van der Waals surface area contributed by atoms with Crippen molar-refractivity contribution in [1.29, 1.82) is 0 Å². The molecule has 2 fully saturated rings. The number of rotatable bonds is 2. The SMILES string of the molecule is CN(C)C(=O)[C@@]1(N2CCN(C(=O)OC(C)(C)C)CC2)CCOC1. The average Bonchev–Trinajstić information content (AvgIpc) is 2.95. The van der Waals surface area contributed by atoms with Crippen molar-refractivity contribution in [3.8, 4) is 0 Å². The highest BCUT2D eigenvalue weighted by Crippen LogP contribution is 2.29. The third kappa shape index (κ3) is 3.95. The molecule has 2 saturated heterocycles. The Morgan fingerprint density at radius 2 is 1.74 bits per heavy atom. The quantitative estimate of drug-likeness (QED) is 0.750. The topological polar surface area (TPSA) is 62.3 Å². The van der Waals surface area contributed by atoms with Crippen molar-refractivity contribution in [3.63, 3.8) is 0 Å². The number of carbonyl (C=O) groups excluding carboxylic acids is 2. The molecular formula is C16H29N3O4. The largest absolute Gasteiger partial charge is 0.444 e. The van der Waals surface area contributed by atoms with Gasteiger partial charge in [0.2, 0.25) is 5.91 Å². The molecule has 2 rings (SSSR count). The third-order valence-corrected chi connectivity index (χ3v) is 4.34. The molecule has 0 aliphatic carbocycles. The molecular weight excluding hydrogens is 298 g/mol. The van der Waals surface area contributed by atoms with E-state index in [9.17, 15) is 9.59 Å². The van der Waals surface area contributed by atoms with Gasteiger partial charge in [0.15, 0.2) is 0 Å². The van der Waals surface area contributed by atoms with Crippen LogP contribution in [0.2, 0.25) is 0 Å². The summed E-state index contributed by atoms with van der Waals surface area (Å²) in [4.78, 5) is 30.3. The van der Waals surface area contributed by atoms with Crippen LogP contribution in [-0.4, -0.2) is 91.3 Å². The number of carbonyl (C=O) groups is 2. The summed E-state index contributed by atoms with van der Waals surface area (Å²) < 4.78 is 10.9. The molecule has 23 heavy (non-hydrogen) atoms. The van der Waals surface area contributed by atoms with Crippen LogP contribution in [0.3, 0.4) is 0 Å². The summed E-state index contributed by atoms with van der Waals surface area (Å²) in [5.41, 5.74) is -1.07. The smallest absolute Gasteiger partial charge is 0.410 e. The van der Waals surface area contributed by atoms with Crippen molar-refractivity contribution in [2.75, 3.05) is 53.5 Å². The van der Waals surface area contributed by atoms with Crippen LogP contribution in [0, 0.1) is 0 Å². The fourth-order valence-corrected chi connectivity index (χ4v) is 3.17. The first-order valence-corrected chi connectivity index (χ1v) is 8.18. The molecule has 0 saturated carbocycles. The molecule has 0 N–H and O–H groups in total. The van der Waals surface area contributed by atoms with Gasteiger partial charge in [0.25, 0.3) is 0 Å². The highest BCUT2D eigenvalue weighted by Gasteiger charge is 2.49. The molecule has 7 nitrogen and oxygen atoms in total. The zero-order valence-corrected chi connectivity index (χ0v) is 14.9. The lowest BCUT2D eigenvalue weighted by atomic mass is 9.93. The van der Waals surface area contributed by atoms with Crippen molar-refractivity contribution in [1.82, 2.24) is 14.7 Å². The minimum absolute atomic E-state index is 0.0840. The predicted molar refractivity (Wildman–Crippen MR) is 86.2 cm³/mol. The molecule has 0 aromatic rings. The van der Waals surface area contributed by atoms with Crippen molar-refractivity contribution < 1.29 is 19.1 Å². The predicted octanol–water partition coefficient (Wildman–Crippen LogP) is 0.786. The highest BCUT2D eigenvalue weighted by molar-refractivity contribution is 5.86. The molecule has 1 atom stereocenters. The fourth-order valence-electron chi connectivity index (χ4n) is 3.17. The number of hydrogen-bond acceptors (Lipinski definition) is 5. The van der Waals surface area contributed by atoms with Gasteiger partial charge in [0.05, 0.1) is 6.61 Å². The highest BCUT2D eigenvalue weighted by atomic mass is 16.6. The molecule has 2 amide bonds. The first kappa shape index (κ1) is 18.0. The lowest BCUT2D eigenvalue weighted by Gasteiger charge is -2.44. The molecule has 2 heterocycles. The molecule has 7 heteroatoms. The molecule has 132 valence electrons. The van der Waals surface area contributed by atoms with Gasteiger partial charge in [0.1, 0.15) is 11.1 Å². The van der Waals surface area contributed by atoms with E-state index in [0.29, 0.717) is 45.8 Å². The standard InChI is InChI=1S/C16H29N3O4/c1-15(2,3)23-14(21)18-7-9-19(10-8-18)16(6-11-22-12-16)13(20)17(4)5/h6-12H2,1-5H3/t16-/m1/s1. The Kier molecular flexibility index (Phi) is 5.20. The van der Waals surface area contributed by atoms with Gasteiger partial charge in [-0.3, -0.25) is 9.69 Å². The number of likely N-dealkylation sites (N-methyl/N-ethyl adjacent to an activating group) is 1. The summed E-state index contributed by atoms with van der Waals surface area (Å²) >= 11 is 0. The van der Waals surface area contributed by atoms with Crippen LogP contribution in [-0.2, 0) is 14.3 Å². The van der Waals surface area contributed by atoms with E-state index in [0.717, 1.165) is 0 Å². The number of ether oxygens (including phenoxy) is 2. The second-order valence-electron chi connectivity index (χ2n) is 7.49. The van der Waals surface area contributed by atoms with Crippen LogP contribution in [0.5, 0.6) is 0 Å². The first-order chi connectivity index (χ1) is 10.7. The van der Waals surface area contributed by atoms with Gasteiger partial charge < -0.3 is 19.3 Å². The zero-order valence-electron chi connectivity index (χ0n) is 14.9. The molecule has 0 bridgehead atoms. The Balaban J connectivity index is 2.00. The lowest BCUT2D eigenvalue weighted by molar-refractivity contribution is -0.143. The number of nitrogens with zero attached hydrogens (tertiary/aromatic N) is 3. The maximum Gasteiger partial charge on any atom is 0.410 e. The van der Waals surface area contributed by atoms with E-state index in [4.69, 9.17) is 9.47 Å². The molecule has 0 unspecified atom stereocenters. The fraction of sp³-hybridized carbons (Fsp3) is 0.875. The minimum Gasteiger partial charge on any atom is -0.444 e. The van der Waals surface area contributed by atoms with Crippen LogP contribution in [0.25, 0.3) is 0 Å². The van der Waals surface area contributed by atoms with Crippen LogP contribution in [0.15, 0.2) is 0 Å². The Labute approximate surface area is 138 Å². The molecule has 0 aromatic carbocycles. The summed E-state index contributed by atoms with van der Waals surface area (Å²) in [6.07, 6.45) is 0.420. The Morgan fingerprint density at radius 3 is 2.17 bits per heavy atom. The second kappa shape index (κ2) is 6.65. The molecule has 0 spiro atoms. The maximum atomic E-state index is 12.7. The van der Waals surface area contributed by atoms with Crippen molar-refractivity contribution >= 4 is 12.0 Å². The van der Waals surface area contributed by atoms with E-state index in [-0.39, 0.29) is 12.0 Å². The summed E-state index contributed by atoms with van der Waals surface area (Å²) in [7, 11) is 3.55. The van der Waals surface area contributed by atoms with E-state index < -0.39 is 11.1 Å².